The first-order chi connectivity index (χ1) is 12.5. The quantitative estimate of drug-likeness (QED) is 0.653. The molecule has 0 unspecified atom stereocenters. The van der Waals surface area contributed by atoms with Gasteiger partial charge in [-0.05, 0) is 13.8 Å². The second kappa shape index (κ2) is 7.99. The Morgan fingerprint density at radius 2 is 2.00 bits per heavy atom. The van der Waals surface area contributed by atoms with Gasteiger partial charge in [-0.25, -0.2) is 4.98 Å². The van der Waals surface area contributed by atoms with Crippen molar-refractivity contribution in [2.24, 2.45) is 7.05 Å². The van der Waals surface area contributed by atoms with E-state index in [4.69, 9.17) is 4.42 Å². The second-order valence-electron chi connectivity index (χ2n) is 6.62. The van der Waals surface area contributed by atoms with Gasteiger partial charge in [0, 0.05) is 49.8 Å². The Labute approximate surface area is 153 Å². The summed E-state index contributed by atoms with van der Waals surface area (Å²) in [5.41, 5.74) is 2.01. The highest BCUT2D eigenvalue weighted by molar-refractivity contribution is 5.76. The summed E-state index contributed by atoms with van der Waals surface area (Å²) in [6, 6.07) is 9.95. The van der Waals surface area contributed by atoms with Gasteiger partial charge in [-0.3, -0.25) is 9.48 Å². The van der Waals surface area contributed by atoms with Crippen molar-refractivity contribution >= 4 is 5.91 Å². The topological polar surface area (TPSA) is 64.2 Å². The van der Waals surface area contributed by atoms with Crippen molar-refractivity contribution in [3.05, 3.63) is 60.4 Å². The molecule has 0 atom stereocenters. The highest BCUT2D eigenvalue weighted by Crippen LogP contribution is 2.20. The van der Waals surface area contributed by atoms with Crippen LogP contribution in [0.5, 0.6) is 0 Å². The minimum Gasteiger partial charge on any atom is -0.441 e. The molecule has 6 nitrogen and oxygen atoms in total. The second-order valence-corrected chi connectivity index (χ2v) is 6.62. The molecule has 6 heteroatoms. The molecule has 0 spiro atoms. The lowest BCUT2D eigenvalue weighted by Gasteiger charge is -2.26. The van der Waals surface area contributed by atoms with E-state index < -0.39 is 0 Å². The number of benzene rings is 1. The van der Waals surface area contributed by atoms with Crippen molar-refractivity contribution in [3.63, 3.8) is 0 Å². The zero-order valence-electron chi connectivity index (χ0n) is 15.4. The molecule has 0 radical (unpaired) electrons. The monoisotopic (exact) mass is 352 g/mol. The number of rotatable bonds is 7. The third-order valence-electron chi connectivity index (χ3n) is 4.22. The number of amides is 1. The van der Waals surface area contributed by atoms with Gasteiger partial charge in [0.15, 0.2) is 11.7 Å². The van der Waals surface area contributed by atoms with E-state index in [2.05, 4.69) is 10.1 Å². The van der Waals surface area contributed by atoms with Gasteiger partial charge in [0.25, 0.3) is 0 Å². The Morgan fingerprint density at radius 3 is 2.65 bits per heavy atom. The first-order valence-electron chi connectivity index (χ1n) is 8.80. The third kappa shape index (κ3) is 4.39. The van der Waals surface area contributed by atoms with Crippen molar-refractivity contribution in [2.45, 2.75) is 39.3 Å². The summed E-state index contributed by atoms with van der Waals surface area (Å²) in [4.78, 5) is 18.8. The number of carbonyl (C=O) groups excluding carboxylic acids is 1. The Hall–Kier alpha value is -2.89. The summed E-state index contributed by atoms with van der Waals surface area (Å²) in [6.45, 7) is 4.60. The van der Waals surface area contributed by atoms with Crippen molar-refractivity contribution in [1.29, 1.82) is 0 Å². The van der Waals surface area contributed by atoms with Gasteiger partial charge in [-0.15, -0.1) is 0 Å². The fourth-order valence-electron chi connectivity index (χ4n) is 2.83. The van der Waals surface area contributed by atoms with Crippen LogP contribution in [0.2, 0.25) is 0 Å². The highest BCUT2D eigenvalue weighted by atomic mass is 16.4. The number of nitrogens with zero attached hydrogens (tertiary/aromatic N) is 4. The van der Waals surface area contributed by atoms with Crippen molar-refractivity contribution in [2.75, 3.05) is 0 Å². The molecule has 2 aromatic heterocycles. The number of carbonyl (C=O) groups is 1. The van der Waals surface area contributed by atoms with E-state index in [-0.39, 0.29) is 11.9 Å². The van der Waals surface area contributed by atoms with E-state index in [9.17, 15) is 4.79 Å². The Morgan fingerprint density at radius 1 is 1.23 bits per heavy atom. The van der Waals surface area contributed by atoms with Crippen molar-refractivity contribution < 1.29 is 9.21 Å². The summed E-state index contributed by atoms with van der Waals surface area (Å²) in [7, 11) is 1.87. The molecule has 136 valence electrons. The summed E-state index contributed by atoms with van der Waals surface area (Å²) >= 11 is 0. The van der Waals surface area contributed by atoms with E-state index in [1.165, 1.54) is 0 Å². The number of aryl methyl sites for hydroxylation is 2. The average Bonchev–Trinajstić information content (AvgIpc) is 3.27. The smallest absolute Gasteiger partial charge is 0.223 e. The van der Waals surface area contributed by atoms with Gasteiger partial charge in [0.05, 0.1) is 12.4 Å². The van der Waals surface area contributed by atoms with Gasteiger partial charge >= 0.3 is 0 Å². The van der Waals surface area contributed by atoms with Crippen LogP contribution in [0.15, 0.2) is 53.3 Å². The molecule has 3 aromatic rings. The predicted molar refractivity (Wildman–Crippen MR) is 99.2 cm³/mol. The Bertz CT molecular complexity index is 852. The SMILES string of the molecule is CC(C)N(Cc1cnn(C)c1)C(=O)CCc1ncc(-c2ccccc2)o1. The molecule has 0 saturated heterocycles. The Kier molecular flexibility index (Phi) is 5.51. The molecular weight excluding hydrogens is 328 g/mol. The van der Waals surface area contributed by atoms with E-state index in [1.807, 2.05) is 62.3 Å². The van der Waals surface area contributed by atoms with Gasteiger partial charge in [-0.2, -0.15) is 5.10 Å². The zero-order chi connectivity index (χ0) is 18.5. The summed E-state index contributed by atoms with van der Waals surface area (Å²) in [6.07, 6.45) is 6.30. The standard InChI is InChI=1S/C20H24N4O2/c1-15(2)24(14-16-11-22-23(3)13-16)20(25)10-9-19-21-12-18(26-19)17-7-5-4-6-8-17/h4-8,11-13,15H,9-10,14H2,1-3H3. The molecular formula is C20H24N4O2. The molecule has 26 heavy (non-hydrogen) atoms. The van der Waals surface area contributed by atoms with Gasteiger partial charge in [0.2, 0.25) is 5.91 Å². The van der Waals surface area contributed by atoms with Gasteiger partial charge in [-0.1, -0.05) is 30.3 Å². The lowest BCUT2D eigenvalue weighted by atomic mass is 10.2. The van der Waals surface area contributed by atoms with Gasteiger partial charge < -0.3 is 9.32 Å². The fraction of sp³-hybridized carbons (Fsp3) is 0.350. The summed E-state index contributed by atoms with van der Waals surface area (Å²) < 4.78 is 7.53. The van der Waals surface area contributed by atoms with E-state index >= 15 is 0 Å². The minimum absolute atomic E-state index is 0.0864. The summed E-state index contributed by atoms with van der Waals surface area (Å²) in [5.74, 6) is 1.40. The summed E-state index contributed by atoms with van der Waals surface area (Å²) in [5, 5.41) is 4.17. The molecule has 0 fully saturated rings. The number of hydrogen-bond acceptors (Lipinski definition) is 4. The van der Waals surface area contributed by atoms with Crippen LogP contribution < -0.4 is 0 Å². The van der Waals surface area contributed by atoms with Crippen molar-refractivity contribution in [1.82, 2.24) is 19.7 Å². The van der Waals surface area contributed by atoms with Crippen LogP contribution >= 0.6 is 0 Å². The van der Waals surface area contributed by atoms with Crippen LogP contribution in [0.1, 0.15) is 31.7 Å². The zero-order valence-corrected chi connectivity index (χ0v) is 15.4. The largest absolute Gasteiger partial charge is 0.441 e. The molecule has 1 aromatic carbocycles. The van der Waals surface area contributed by atoms with E-state index in [0.29, 0.717) is 25.3 Å². The lowest BCUT2D eigenvalue weighted by molar-refractivity contribution is -0.133. The normalized spacial score (nSPS) is 11.1. The molecule has 3 rings (SSSR count). The molecule has 0 aliphatic heterocycles. The first kappa shape index (κ1) is 17.9. The van der Waals surface area contributed by atoms with Crippen LogP contribution in [0.25, 0.3) is 11.3 Å². The van der Waals surface area contributed by atoms with Crippen LogP contribution in [0.4, 0.5) is 0 Å². The minimum atomic E-state index is 0.0864. The van der Waals surface area contributed by atoms with E-state index in [0.717, 1.165) is 16.9 Å². The maximum Gasteiger partial charge on any atom is 0.223 e. The number of oxazole rings is 1. The fourth-order valence-corrected chi connectivity index (χ4v) is 2.83. The molecule has 0 aliphatic rings. The maximum atomic E-state index is 12.7. The molecule has 0 bridgehead atoms. The van der Waals surface area contributed by atoms with Crippen LogP contribution in [-0.2, 0) is 24.8 Å². The molecule has 0 saturated carbocycles. The Balaban J connectivity index is 1.60. The first-order valence-corrected chi connectivity index (χ1v) is 8.80. The van der Waals surface area contributed by atoms with Gasteiger partial charge in [0.1, 0.15) is 0 Å². The number of hydrogen-bond donors (Lipinski definition) is 0. The average molecular weight is 352 g/mol. The van der Waals surface area contributed by atoms with Crippen LogP contribution in [0.3, 0.4) is 0 Å². The highest BCUT2D eigenvalue weighted by Gasteiger charge is 2.19. The lowest BCUT2D eigenvalue weighted by Crippen LogP contribution is -2.36. The maximum absolute atomic E-state index is 12.7. The van der Waals surface area contributed by atoms with E-state index in [1.54, 1.807) is 17.1 Å². The number of aromatic nitrogens is 3. The van der Waals surface area contributed by atoms with Crippen molar-refractivity contribution in [3.8, 4) is 11.3 Å². The third-order valence-corrected chi connectivity index (χ3v) is 4.22. The molecule has 0 N–H and O–H groups in total. The van der Waals surface area contributed by atoms with Crippen LogP contribution in [-0.4, -0.2) is 31.6 Å². The van der Waals surface area contributed by atoms with Crippen LogP contribution in [0, 0.1) is 0 Å². The molecule has 2 heterocycles. The molecule has 0 aliphatic carbocycles. The molecule has 1 amide bonds. The predicted octanol–water partition coefficient (Wildman–Crippen LogP) is 3.44.